The highest BCUT2D eigenvalue weighted by molar-refractivity contribution is 14.1. The van der Waals surface area contributed by atoms with Crippen molar-refractivity contribution in [3.63, 3.8) is 0 Å². The molecule has 0 amide bonds. The van der Waals surface area contributed by atoms with Crippen LogP contribution >= 0.6 is 22.6 Å². The summed E-state index contributed by atoms with van der Waals surface area (Å²) < 4.78 is 45.3. The van der Waals surface area contributed by atoms with Crippen LogP contribution in [-0.4, -0.2) is 168 Å². The van der Waals surface area contributed by atoms with Crippen LogP contribution in [0.25, 0.3) is 0 Å². The number of anilines is 1. The average molecular weight is 770 g/mol. The summed E-state index contributed by atoms with van der Waals surface area (Å²) in [5, 5.41) is 0. The second-order valence-electron chi connectivity index (χ2n) is 14.5. The lowest BCUT2D eigenvalue weighted by atomic mass is 10.1. The maximum atomic E-state index is 6.38. The Hall–Kier alpha value is -0.610. The SMILES string of the molecule is Cc1cc(N(CC(COC(C)C)OCCOCCOCC[N+](C)(C)C)CC(COC(C)C)OCCOCC[N+](C)(C)C)ccc1I. The maximum Gasteiger partial charge on any atom is 0.102 e. The molecule has 0 aliphatic heterocycles. The first-order chi connectivity index (χ1) is 21.6. The van der Waals surface area contributed by atoms with Gasteiger partial charge in [-0.1, -0.05) is 0 Å². The molecule has 0 saturated carbocycles. The molecule has 0 spiro atoms. The molecular weight excluding hydrogens is 701 g/mol. The van der Waals surface area contributed by atoms with E-state index in [1.54, 1.807) is 0 Å². The summed E-state index contributed by atoms with van der Waals surface area (Å²) in [5.74, 6) is 0. The molecule has 1 aromatic carbocycles. The third kappa shape index (κ3) is 23.7. The third-order valence-electron chi connectivity index (χ3n) is 6.93. The van der Waals surface area contributed by atoms with E-state index in [-0.39, 0.29) is 24.4 Å². The Morgan fingerprint density at radius 2 is 1.02 bits per heavy atom. The van der Waals surface area contributed by atoms with Crippen LogP contribution in [0.15, 0.2) is 18.2 Å². The summed E-state index contributed by atoms with van der Waals surface area (Å²) in [4.78, 5) is 2.34. The number of hydrogen-bond donors (Lipinski definition) is 0. The van der Waals surface area contributed by atoms with Crippen LogP contribution in [0, 0.1) is 10.5 Å². The summed E-state index contributed by atoms with van der Waals surface area (Å²) in [6.07, 6.45) is -0.0831. The van der Waals surface area contributed by atoms with E-state index in [2.05, 4.69) is 123 Å². The molecule has 0 aromatic heterocycles. The van der Waals surface area contributed by atoms with Gasteiger partial charge in [-0.05, 0) is 81.0 Å². The number of nitrogens with zero attached hydrogens (tertiary/aromatic N) is 3. The minimum absolute atomic E-state index is 0.104. The fraction of sp³-hybridized carbons (Fsp3) is 0.829. The van der Waals surface area contributed by atoms with E-state index < -0.39 is 0 Å². The Balaban J connectivity index is 2.89. The number of halogens is 1. The summed E-state index contributed by atoms with van der Waals surface area (Å²) in [6.45, 7) is 19.1. The van der Waals surface area contributed by atoms with Crippen molar-refractivity contribution in [2.24, 2.45) is 0 Å². The highest BCUT2D eigenvalue weighted by atomic mass is 127. The van der Waals surface area contributed by atoms with Crippen LogP contribution < -0.4 is 4.90 Å². The predicted octanol–water partition coefficient (Wildman–Crippen LogP) is 4.49. The molecule has 0 radical (unpaired) electrons. The molecule has 0 saturated heterocycles. The molecular formula is C35H68IN3O7+2. The topological polar surface area (TPSA) is 67.9 Å². The summed E-state index contributed by atoms with van der Waals surface area (Å²) in [6, 6.07) is 6.57. The molecule has 1 rings (SSSR count). The molecule has 1 aromatic rings. The second kappa shape index (κ2) is 23.7. The Kier molecular flexibility index (Phi) is 22.4. The summed E-state index contributed by atoms with van der Waals surface area (Å²) in [7, 11) is 13.0. The first kappa shape index (κ1) is 43.4. The smallest absolute Gasteiger partial charge is 0.102 e. The van der Waals surface area contributed by atoms with Crippen molar-refractivity contribution in [1.82, 2.24) is 0 Å². The molecule has 2 unspecified atom stereocenters. The minimum Gasteiger partial charge on any atom is -0.377 e. The molecule has 0 aliphatic carbocycles. The van der Waals surface area contributed by atoms with Gasteiger partial charge in [0.25, 0.3) is 0 Å². The van der Waals surface area contributed by atoms with Crippen molar-refractivity contribution in [2.45, 2.75) is 59.0 Å². The highest BCUT2D eigenvalue weighted by Gasteiger charge is 2.22. The maximum absolute atomic E-state index is 6.38. The van der Waals surface area contributed by atoms with E-state index in [4.69, 9.17) is 33.2 Å². The van der Waals surface area contributed by atoms with Crippen LogP contribution in [0.2, 0.25) is 0 Å². The Morgan fingerprint density at radius 1 is 0.609 bits per heavy atom. The fourth-order valence-corrected chi connectivity index (χ4v) is 4.49. The molecule has 2 atom stereocenters. The Labute approximate surface area is 295 Å². The van der Waals surface area contributed by atoms with Gasteiger partial charge in [0.2, 0.25) is 0 Å². The third-order valence-corrected chi connectivity index (χ3v) is 8.14. The Bertz CT molecular complexity index is 909. The van der Waals surface area contributed by atoms with E-state index in [1.165, 1.54) is 9.13 Å². The fourth-order valence-electron chi connectivity index (χ4n) is 4.16. The lowest BCUT2D eigenvalue weighted by Crippen LogP contribution is -2.44. The number of likely N-dealkylation sites (N-methyl/N-ethyl adjacent to an activating group) is 2. The number of benzene rings is 1. The van der Waals surface area contributed by atoms with Gasteiger partial charge in [0.05, 0.1) is 133 Å². The lowest BCUT2D eigenvalue weighted by Gasteiger charge is -2.33. The monoisotopic (exact) mass is 769 g/mol. The molecule has 270 valence electrons. The molecule has 0 fully saturated rings. The van der Waals surface area contributed by atoms with Gasteiger partial charge >= 0.3 is 0 Å². The molecule has 0 bridgehead atoms. The van der Waals surface area contributed by atoms with Gasteiger partial charge in [0, 0.05) is 22.3 Å². The van der Waals surface area contributed by atoms with Gasteiger partial charge in [0.15, 0.2) is 0 Å². The van der Waals surface area contributed by atoms with Gasteiger partial charge in [-0.25, -0.2) is 0 Å². The first-order valence-electron chi connectivity index (χ1n) is 16.9. The van der Waals surface area contributed by atoms with E-state index in [1.807, 2.05) is 0 Å². The van der Waals surface area contributed by atoms with E-state index in [9.17, 15) is 0 Å². The van der Waals surface area contributed by atoms with Crippen molar-refractivity contribution < 1.29 is 42.1 Å². The van der Waals surface area contributed by atoms with Gasteiger partial charge in [-0.2, -0.15) is 0 Å². The summed E-state index contributed by atoms with van der Waals surface area (Å²) >= 11 is 2.38. The Morgan fingerprint density at radius 3 is 1.41 bits per heavy atom. The lowest BCUT2D eigenvalue weighted by molar-refractivity contribution is -0.870. The number of aryl methyl sites for hydroxylation is 1. The van der Waals surface area contributed by atoms with Gasteiger partial charge < -0.3 is 47.0 Å². The minimum atomic E-state index is -0.156. The average Bonchev–Trinajstić information content (AvgIpc) is 2.94. The number of rotatable bonds is 28. The van der Waals surface area contributed by atoms with Crippen molar-refractivity contribution in [1.29, 1.82) is 0 Å². The van der Waals surface area contributed by atoms with Gasteiger partial charge in [-0.15, -0.1) is 0 Å². The first-order valence-corrected chi connectivity index (χ1v) is 17.9. The number of quaternary nitrogens is 2. The van der Waals surface area contributed by atoms with E-state index in [0.29, 0.717) is 72.6 Å². The molecule has 0 aliphatic rings. The molecule has 11 heteroatoms. The predicted molar refractivity (Wildman–Crippen MR) is 196 cm³/mol. The van der Waals surface area contributed by atoms with Crippen LogP contribution in [0.4, 0.5) is 5.69 Å². The summed E-state index contributed by atoms with van der Waals surface area (Å²) in [5.41, 5.74) is 2.35. The zero-order valence-corrected chi connectivity index (χ0v) is 33.2. The largest absolute Gasteiger partial charge is 0.377 e. The van der Waals surface area contributed by atoms with Crippen molar-refractivity contribution in [3.05, 3.63) is 27.3 Å². The van der Waals surface area contributed by atoms with Gasteiger partial charge in [0.1, 0.15) is 13.1 Å². The van der Waals surface area contributed by atoms with E-state index in [0.717, 1.165) is 34.3 Å². The number of hydrogen-bond acceptors (Lipinski definition) is 8. The van der Waals surface area contributed by atoms with Crippen molar-refractivity contribution in [2.75, 3.05) is 139 Å². The zero-order chi connectivity index (χ0) is 34.6. The van der Waals surface area contributed by atoms with Crippen molar-refractivity contribution >= 4 is 28.3 Å². The van der Waals surface area contributed by atoms with Crippen LogP contribution in [0.5, 0.6) is 0 Å². The van der Waals surface area contributed by atoms with Crippen LogP contribution in [0.3, 0.4) is 0 Å². The van der Waals surface area contributed by atoms with Crippen molar-refractivity contribution in [3.8, 4) is 0 Å². The van der Waals surface area contributed by atoms with Crippen LogP contribution in [0.1, 0.15) is 33.3 Å². The van der Waals surface area contributed by atoms with Crippen LogP contribution in [-0.2, 0) is 33.2 Å². The quantitative estimate of drug-likeness (QED) is 0.0703. The van der Waals surface area contributed by atoms with E-state index >= 15 is 0 Å². The molecule has 0 heterocycles. The number of ether oxygens (including phenoxy) is 7. The zero-order valence-electron chi connectivity index (χ0n) is 31.0. The molecule has 46 heavy (non-hydrogen) atoms. The highest BCUT2D eigenvalue weighted by Crippen LogP contribution is 2.22. The van der Waals surface area contributed by atoms with Gasteiger partial charge in [-0.3, -0.25) is 0 Å². The second-order valence-corrected chi connectivity index (χ2v) is 15.6. The standard InChI is InChI=1S/C35H68IN3O7/c1-29(2)45-27-33(43-22-20-41-17-15-39(9,10)11)25-37(32-12-13-35(36)31(5)24-32)26-34(28-46-30(3)4)44-23-21-42-19-18-40-16-14-38(6,7)8/h12-13,24,29-30,33-34H,14-23,25-28H2,1-11H3/q+2. The molecule has 10 nitrogen and oxygen atoms in total. The normalized spacial score (nSPS) is 14.0. The molecule has 0 N–H and O–H groups in total.